The van der Waals surface area contributed by atoms with Crippen molar-refractivity contribution in [1.29, 1.82) is 0 Å². The molecule has 11 nitrogen and oxygen atoms in total. The normalized spacial score (nSPS) is 15.2. The first-order valence-electron chi connectivity index (χ1n) is 14.6. The summed E-state index contributed by atoms with van der Waals surface area (Å²) in [7, 11) is 3.05. The zero-order valence-corrected chi connectivity index (χ0v) is 24.3. The number of fused-ring (bicyclic) bond motifs is 2. The van der Waals surface area contributed by atoms with Gasteiger partial charge in [-0.1, -0.05) is 12.5 Å². The molecule has 0 atom stereocenters. The summed E-state index contributed by atoms with van der Waals surface area (Å²) in [5, 5.41) is 9.53. The average Bonchev–Trinajstić information content (AvgIpc) is 3.50. The number of aryl methyl sites for hydroxylation is 1. The van der Waals surface area contributed by atoms with Gasteiger partial charge in [0.1, 0.15) is 23.0 Å². The molecule has 4 aromatic rings. The molecule has 2 aliphatic rings. The van der Waals surface area contributed by atoms with E-state index in [4.69, 9.17) is 4.74 Å². The number of aromatic nitrogens is 3. The Morgan fingerprint density at radius 3 is 2.65 bits per heavy atom. The first-order valence-corrected chi connectivity index (χ1v) is 14.6. The second kappa shape index (κ2) is 12.3. The number of nitrogens with zero attached hydrogens (tertiary/aromatic N) is 4. The summed E-state index contributed by atoms with van der Waals surface area (Å²) in [6.45, 7) is 2.98. The maximum Gasteiger partial charge on any atom is 0.256 e. The van der Waals surface area contributed by atoms with Crippen LogP contribution in [-0.2, 0) is 11.2 Å². The van der Waals surface area contributed by atoms with Crippen molar-refractivity contribution in [3.8, 4) is 5.75 Å². The number of rotatable bonds is 8. The van der Waals surface area contributed by atoms with Crippen molar-refractivity contribution in [3.63, 3.8) is 0 Å². The van der Waals surface area contributed by atoms with Gasteiger partial charge in [-0.25, -0.2) is 4.39 Å². The van der Waals surface area contributed by atoms with Crippen molar-refractivity contribution in [3.05, 3.63) is 59.5 Å². The Morgan fingerprint density at radius 2 is 1.86 bits per heavy atom. The standard InChI is InChI=1S/C31H35FN8O3/c1-33-30(42)27-21(32)9-6-10-22(27)35-29-20-11-12-34-28(20)37-31(38-29)36-23-17-24-19(16-25(23)43-2)8-7-15-40(24)26(41)18-39-13-4-3-5-14-39/h6,9-12,16-17H,3-5,7-8,13-15,18H2,1-2H3,(H,33,42)(H3,34,35,36,37,38). The highest BCUT2D eigenvalue weighted by molar-refractivity contribution is 6.02. The van der Waals surface area contributed by atoms with E-state index in [0.717, 1.165) is 50.0 Å². The number of benzene rings is 2. The van der Waals surface area contributed by atoms with E-state index in [-0.39, 0.29) is 23.1 Å². The summed E-state index contributed by atoms with van der Waals surface area (Å²) in [5.41, 5.74) is 3.19. The van der Waals surface area contributed by atoms with E-state index in [1.165, 1.54) is 25.6 Å². The molecule has 2 amide bonds. The van der Waals surface area contributed by atoms with Gasteiger partial charge in [-0.2, -0.15) is 9.97 Å². The number of likely N-dealkylation sites (tertiary alicyclic amines) is 1. The van der Waals surface area contributed by atoms with Gasteiger partial charge in [0.05, 0.1) is 36.0 Å². The fourth-order valence-corrected chi connectivity index (χ4v) is 5.85. The molecule has 2 aromatic carbocycles. The number of aromatic amines is 1. The Bertz CT molecular complexity index is 1670. The van der Waals surface area contributed by atoms with Gasteiger partial charge in [-0.05, 0) is 74.7 Å². The van der Waals surface area contributed by atoms with Crippen LogP contribution in [0.4, 0.5) is 33.2 Å². The molecule has 0 radical (unpaired) electrons. The lowest BCUT2D eigenvalue weighted by molar-refractivity contribution is -0.120. The highest BCUT2D eigenvalue weighted by Crippen LogP contribution is 2.38. The maximum atomic E-state index is 14.7. The van der Waals surface area contributed by atoms with Crippen LogP contribution in [0, 0.1) is 5.82 Å². The maximum absolute atomic E-state index is 14.7. The number of piperidine rings is 1. The van der Waals surface area contributed by atoms with E-state index in [1.807, 2.05) is 17.0 Å². The van der Waals surface area contributed by atoms with Gasteiger partial charge in [0.15, 0.2) is 0 Å². The molecule has 0 bridgehead atoms. The molecular formula is C31H35FN8O3. The Labute approximate surface area is 248 Å². The van der Waals surface area contributed by atoms with Crippen LogP contribution < -0.4 is 25.6 Å². The molecule has 224 valence electrons. The van der Waals surface area contributed by atoms with Crippen LogP contribution in [0.3, 0.4) is 0 Å². The number of nitrogens with one attached hydrogen (secondary N) is 4. The molecule has 4 heterocycles. The zero-order chi connectivity index (χ0) is 29.9. The number of carbonyl (C=O) groups excluding carboxylic acids is 2. The number of carbonyl (C=O) groups is 2. The quantitative estimate of drug-likeness (QED) is 0.234. The van der Waals surface area contributed by atoms with Crippen LogP contribution in [-0.4, -0.2) is 72.0 Å². The number of anilines is 5. The smallest absolute Gasteiger partial charge is 0.256 e. The largest absolute Gasteiger partial charge is 0.495 e. The molecule has 12 heteroatoms. The van der Waals surface area contributed by atoms with Crippen LogP contribution in [0.15, 0.2) is 42.6 Å². The van der Waals surface area contributed by atoms with E-state index in [9.17, 15) is 14.0 Å². The minimum absolute atomic E-state index is 0.0940. The van der Waals surface area contributed by atoms with Crippen LogP contribution >= 0.6 is 0 Å². The predicted molar refractivity (Wildman–Crippen MR) is 164 cm³/mol. The number of hydrogen-bond donors (Lipinski definition) is 4. The SMILES string of the molecule is CNC(=O)c1c(F)cccc1Nc1nc(Nc2cc3c(cc2OC)CCCN3C(=O)CN2CCCCC2)nc2[nH]ccc12. The van der Waals surface area contributed by atoms with E-state index >= 15 is 0 Å². The van der Waals surface area contributed by atoms with Gasteiger partial charge in [-0.3, -0.25) is 14.5 Å². The first kappa shape index (κ1) is 28.4. The van der Waals surface area contributed by atoms with Gasteiger partial charge in [-0.15, -0.1) is 0 Å². The Hall–Kier alpha value is -4.71. The second-order valence-corrected chi connectivity index (χ2v) is 10.8. The minimum Gasteiger partial charge on any atom is -0.495 e. The number of methoxy groups -OCH3 is 1. The van der Waals surface area contributed by atoms with Crippen LogP contribution in [0.5, 0.6) is 5.75 Å². The third-order valence-corrected chi connectivity index (χ3v) is 8.01. The van der Waals surface area contributed by atoms with Crippen molar-refractivity contribution in [1.82, 2.24) is 25.2 Å². The fourth-order valence-electron chi connectivity index (χ4n) is 5.85. The van der Waals surface area contributed by atoms with Crippen LogP contribution in [0.2, 0.25) is 0 Å². The number of ether oxygens (including phenoxy) is 1. The average molecular weight is 587 g/mol. The molecule has 2 aliphatic heterocycles. The van der Waals surface area contributed by atoms with Crippen molar-refractivity contribution < 1.29 is 18.7 Å². The Kier molecular flexibility index (Phi) is 8.10. The van der Waals surface area contributed by atoms with E-state index in [2.05, 4.69) is 35.8 Å². The monoisotopic (exact) mass is 586 g/mol. The number of halogens is 1. The van der Waals surface area contributed by atoms with Crippen LogP contribution in [0.1, 0.15) is 41.6 Å². The second-order valence-electron chi connectivity index (χ2n) is 10.8. The number of H-pyrrole nitrogens is 1. The molecular weight excluding hydrogens is 551 g/mol. The highest BCUT2D eigenvalue weighted by Gasteiger charge is 2.27. The summed E-state index contributed by atoms with van der Waals surface area (Å²) in [5.74, 6) is 0.101. The molecule has 0 aliphatic carbocycles. The molecule has 0 spiro atoms. The van der Waals surface area contributed by atoms with Crippen LogP contribution in [0.25, 0.3) is 11.0 Å². The molecule has 1 fully saturated rings. The molecule has 0 unspecified atom stereocenters. The van der Waals surface area contributed by atoms with E-state index in [0.29, 0.717) is 41.4 Å². The number of amides is 2. The van der Waals surface area contributed by atoms with Crippen molar-refractivity contribution in [2.24, 2.45) is 0 Å². The lowest BCUT2D eigenvalue weighted by Gasteiger charge is -2.33. The van der Waals surface area contributed by atoms with Gasteiger partial charge in [0.2, 0.25) is 11.9 Å². The summed E-state index contributed by atoms with van der Waals surface area (Å²) in [4.78, 5) is 42.4. The van der Waals surface area contributed by atoms with Crippen molar-refractivity contribution >= 4 is 51.7 Å². The summed E-state index contributed by atoms with van der Waals surface area (Å²) < 4.78 is 20.4. The van der Waals surface area contributed by atoms with E-state index < -0.39 is 11.7 Å². The molecule has 0 saturated carbocycles. The van der Waals surface area contributed by atoms with Gasteiger partial charge < -0.3 is 30.6 Å². The topological polar surface area (TPSA) is 128 Å². The molecule has 1 saturated heterocycles. The Morgan fingerprint density at radius 1 is 1.02 bits per heavy atom. The first-order chi connectivity index (χ1) is 20.9. The highest BCUT2D eigenvalue weighted by atomic mass is 19.1. The third kappa shape index (κ3) is 5.82. The van der Waals surface area contributed by atoms with Gasteiger partial charge >= 0.3 is 0 Å². The summed E-state index contributed by atoms with van der Waals surface area (Å²) in [6.07, 6.45) is 6.93. The van der Waals surface area contributed by atoms with Crippen molar-refractivity contribution in [2.75, 3.05) is 55.9 Å². The Balaban J connectivity index is 1.33. The molecule has 43 heavy (non-hydrogen) atoms. The summed E-state index contributed by atoms with van der Waals surface area (Å²) in [6, 6.07) is 10.1. The lowest BCUT2D eigenvalue weighted by Crippen LogP contribution is -2.44. The van der Waals surface area contributed by atoms with Crippen molar-refractivity contribution in [2.45, 2.75) is 32.1 Å². The summed E-state index contributed by atoms with van der Waals surface area (Å²) >= 11 is 0. The molecule has 6 rings (SSSR count). The third-order valence-electron chi connectivity index (χ3n) is 8.01. The van der Waals surface area contributed by atoms with Gasteiger partial charge in [0, 0.05) is 25.5 Å². The number of hydrogen-bond acceptors (Lipinski definition) is 8. The molecule has 4 N–H and O–H groups in total. The predicted octanol–water partition coefficient (Wildman–Crippen LogP) is 4.72. The zero-order valence-electron chi connectivity index (χ0n) is 24.3. The minimum atomic E-state index is -0.653. The fraction of sp³-hybridized carbons (Fsp3) is 0.355. The molecule has 2 aromatic heterocycles. The van der Waals surface area contributed by atoms with E-state index in [1.54, 1.807) is 25.4 Å². The van der Waals surface area contributed by atoms with Gasteiger partial charge in [0.25, 0.3) is 5.91 Å². The lowest BCUT2D eigenvalue weighted by atomic mass is 10.00.